The highest BCUT2D eigenvalue weighted by Gasteiger charge is 1.96. The fourth-order valence-corrected chi connectivity index (χ4v) is 0.857. The normalized spacial score (nSPS) is 8.70. The van der Waals surface area contributed by atoms with Crippen LogP contribution in [0, 0.1) is 18.8 Å². The minimum atomic E-state index is 0.997. The molecule has 1 aromatic heterocycles. The van der Waals surface area contributed by atoms with E-state index in [0.717, 1.165) is 11.3 Å². The van der Waals surface area contributed by atoms with Crippen molar-refractivity contribution in [2.75, 3.05) is 0 Å². The molecule has 0 bridgehead atoms. The molecule has 0 unspecified atom stereocenters. The Morgan fingerprint density at radius 2 is 2.30 bits per heavy atom. The van der Waals surface area contributed by atoms with Gasteiger partial charge < -0.3 is 0 Å². The first kappa shape index (κ1) is 6.88. The zero-order valence-corrected chi connectivity index (χ0v) is 6.47. The molecule has 0 saturated heterocycles. The van der Waals surface area contributed by atoms with Crippen LogP contribution < -0.4 is 0 Å². The first-order valence-corrected chi connectivity index (χ1v) is 3.17. The van der Waals surface area contributed by atoms with Crippen LogP contribution in [-0.4, -0.2) is 9.78 Å². The number of hydrogen-bond donors (Lipinski definition) is 0. The lowest BCUT2D eigenvalue weighted by atomic mass is 10.3. The van der Waals surface area contributed by atoms with E-state index in [1.54, 1.807) is 4.68 Å². The highest BCUT2D eigenvalue weighted by Crippen LogP contribution is 2.00. The molecule has 0 atom stereocenters. The summed E-state index contributed by atoms with van der Waals surface area (Å²) in [5.41, 5.74) is 2.02. The maximum absolute atomic E-state index is 4.14. The standard InChI is InChI=1S/C8H10N2/c1-4-5-8-6-10(3)9-7(8)2/h6H,1-3H3. The number of rotatable bonds is 0. The lowest BCUT2D eigenvalue weighted by Gasteiger charge is -1.79. The number of nitrogens with zero attached hydrogens (tertiary/aromatic N) is 2. The van der Waals surface area contributed by atoms with Crippen LogP contribution in [0.3, 0.4) is 0 Å². The third-order valence-electron chi connectivity index (χ3n) is 1.27. The Labute approximate surface area is 60.9 Å². The molecule has 1 aromatic rings. The molecule has 0 fully saturated rings. The molecule has 0 saturated carbocycles. The average molecular weight is 134 g/mol. The van der Waals surface area contributed by atoms with Crippen LogP contribution in [0.15, 0.2) is 6.20 Å². The first-order valence-electron chi connectivity index (χ1n) is 3.17. The van der Waals surface area contributed by atoms with E-state index < -0.39 is 0 Å². The largest absolute Gasteiger partial charge is 0.274 e. The molecule has 0 radical (unpaired) electrons. The molecule has 1 rings (SSSR count). The van der Waals surface area contributed by atoms with Gasteiger partial charge in [-0.2, -0.15) is 5.10 Å². The van der Waals surface area contributed by atoms with Crippen LogP contribution in [0.5, 0.6) is 0 Å². The van der Waals surface area contributed by atoms with E-state index in [9.17, 15) is 0 Å². The molecule has 1 heterocycles. The van der Waals surface area contributed by atoms with E-state index in [1.807, 2.05) is 27.1 Å². The molecular weight excluding hydrogens is 124 g/mol. The summed E-state index contributed by atoms with van der Waals surface area (Å²) >= 11 is 0. The zero-order chi connectivity index (χ0) is 7.56. The summed E-state index contributed by atoms with van der Waals surface area (Å²) in [7, 11) is 1.90. The van der Waals surface area contributed by atoms with Gasteiger partial charge in [0.15, 0.2) is 0 Å². The van der Waals surface area contributed by atoms with Gasteiger partial charge in [-0.25, -0.2) is 0 Å². The molecule has 10 heavy (non-hydrogen) atoms. The number of aromatic nitrogens is 2. The Morgan fingerprint density at radius 1 is 1.60 bits per heavy atom. The van der Waals surface area contributed by atoms with Crippen molar-refractivity contribution in [1.82, 2.24) is 9.78 Å². The van der Waals surface area contributed by atoms with Crippen molar-refractivity contribution >= 4 is 0 Å². The van der Waals surface area contributed by atoms with E-state index in [0.29, 0.717) is 0 Å². The minimum Gasteiger partial charge on any atom is -0.274 e. The molecule has 0 aliphatic carbocycles. The van der Waals surface area contributed by atoms with Crippen LogP contribution >= 0.6 is 0 Å². The Hall–Kier alpha value is -1.23. The van der Waals surface area contributed by atoms with Crippen molar-refractivity contribution in [2.24, 2.45) is 7.05 Å². The van der Waals surface area contributed by atoms with Gasteiger partial charge in [0.1, 0.15) is 0 Å². The van der Waals surface area contributed by atoms with Crippen LogP contribution in [0.25, 0.3) is 0 Å². The summed E-state index contributed by atoms with van der Waals surface area (Å²) in [6.07, 6.45) is 1.92. The predicted octanol–water partition coefficient (Wildman–Crippen LogP) is 1.10. The van der Waals surface area contributed by atoms with Crippen LogP contribution in [0.1, 0.15) is 18.2 Å². The smallest absolute Gasteiger partial charge is 0.0750 e. The summed E-state index contributed by atoms with van der Waals surface area (Å²) in [4.78, 5) is 0. The van der Waals surface area contributed by atoms with E-state index in [1.165, 1.54) is 0 Å². The second-order valence-electron chi connectivity index (χ2n) is 2.18. The Bertz CT molecular complexity index is 286. The molecular formula is C8H10N2. The maximum Gasteiger partial charge on any atom is 0.0750 e. The molecule has 52 valence electrons. The van der Waals surface area contributed by atoms with Crippen LogP contribution in [0.2, 0.25) is 0 Å². The lowest BCUT2D eigenvalue weighted by Crippen LogP contribution is -1.86. The van der Waals surface area contributed by atoms with E-state index in [2.05, 4.69) is 16.9 Å². The van der Waals surface area contributed by atoms with Gasteiger partial charge >= 0.3 is 0 Å². The van der Waals surface area contributed by atoms with Gasteiger partial charge in [-0.3, -0.25) is 4.68 Å². The average Bonchev–Trinajstić information content (AvgIpc) is 2.13. The van der Waals surface area contributed by atoms with Gasteiger partial charge in [0.2, 0.25) is 0 Å². The Morgan fingerprint density at radius 3 is 2.70 bits per heavy atom. The molecule has 0 aromatic carbocycles. The lowest BCUT2D eigenvalue weighted by molar-refractivity contribution is 0.756. The molecule has 0 amide bonds. The van der Waals surface area contributed by atoms with Crippen molar-refractivity contribution in [3.05, 3.63) is 17.5 Å². The van der Waals surface area contributed by atoms with Crippen LogP contribution in [0.4, 0.5) is 0 Å². The monoisotopic (exact) mass is 134 g/mol. The van der Waals surface area contributed by atoms with Gasteiger partial charge in [0, 0.05) is 13.2 Å². The van der Waals surface area contributed by atoms with E-state index in [4.69, 9.17) is 0 Å². The molecule has 0 spiro atoms. The summed E-state index contributed by atoms with van der Waals surface area (Å²) in [5.74, 6) is 5.80. The minimum absolute atomic E-state index is 0.997. The quantitative estimate of drug-likeness (QED) is 0.486. The zero-order valence-electron chi connectivity index (χ0n) is 6.47. The van der Waals surface area contributed by atoms with E-state index >= 15 is 0 Å². The van der Waals surface area contributed by atoms with Crippen molar-refractivity contribution < 1.29 is 0 Å². The molecule has 0 aliphatic rings. The third kappa shape index (κ3) is 1.19. The second-order valence-corrected chi connectivity index (χ2v) is 2.18. The number of aryl methyl sites for hydroxylation is 2. The Balaban J connectivity index is 3.11. The maximum atomic E-state index is 4.14. The highest BCUT2D eigenvalue weighted by atomic mass is 15.2. The number of hydrogen-bond acceptors (Lipinski definition) is 1. The second kappa shape index (κ2) is 2.57. The molecule has 0 aliphatic heterocycles. The van der Waals surface area contributed by atoms with Crippen molar-refractivity contribution in [2.45, 2.75) is 13.8 Å². The van der Waals surface area contributed by atoms with E-state index in [-0.39, 0.29) is 0 Å². The molecule has 2 nitrogen and oxygen atoms in total. The topological polar surface area (TPSA) is 17.8 Å². The van der Waals surface area contributed by atoms with Gasteiger partial charge in [0.25, 0.3) is 0 Å². The Kier molecular flexibility index (Phi) is 1.77. The summed E-state index contributed by atoms with van der Waals surface area (Å²) in [6.45, 7) is 3.78. The summed E-state index contributed by atoms with van der Waals surface area (Å²) in [6, 6.07) is 0. The SMILES string of the molecule is CC#Cc1cn(C)nc1C. The predicted molar refractivity (Wildman–Crippen MR) is 40.5 cm³/mol. The summed E-state index contributed by atoms with van der Waals surface area (Å²) in [5, 5.41) is 4.14. The highest BCUT2D eigenvalue weighted by molar-refractivity contribution is 5.34. The van der Waals surface area contributed by atoms with Crippen molar-refractivity contribution in [3.63, 3.8) is 0 Å². The van der Waals surface area contributed by atoms with Crippen LogP contribution in [-0.2, 0) is 7.05 Å². The van der Waals surface area contributed by atoms with Gasteiger partial charge in [-0.15, -0.1) is 5.92 Å². The van der Waals surface area contributed by atoms with Gasteiger partial charge in [-0.1, -0.05) is 5.92 Å². The van der Waals surface area contributed by atoms with Crippen molar-refractivity contribution in [1.29, 1.82) is 0 Å². The van der Waals surface area contributed by atoms with Crippen molar-refractivity contribution in [3.8, 4) is 11.8 Å². The van der Waals surface area contributed by atoms with Gasteiger partial charge in [-0.05, 0) is 13.8 Å². The fraction of sp³-hybridized carbons (Fsp3) is 0.375. The fourth-order valence-electron chi connectivity index (χ4n) is 0.857. The first-order chi connectivity index (χ1) is 4.74. The summed E-state index contributed by atoms with van der Waals surface area (Å²) < 4.78 is 1.77. The molecule has 0 N–H and O–H groups in total. The third-order valence-corrected chi connectivity index (χ3v) is 1.27. The molecule has 2 heteroatoms. The van der Waals surface area contributed by atoms with Gasteiger partial charge in [0.05, 0.1) is 11.3 Å².